The molecule has 1 atom stereocenters. The Morgan fingerprint density at radius 1 is 1.27 bits per heavy atom. The third kappa shape index (κ3) is 0.646. The Morgan fingerprint density at radius 3 is 2.00 bits per heavy atom. The average Bonchev–Trinajstić information content (AvgIpc) is 2.39. The maximum Gasteiger partial charge on any atom is 0.0103 e. The Kier molecular flexibility index (Phi) is 1.25. The molecule has 0 saturated heterocycles. The predicted molar refractivity (Wildman–Crippen MR) is 47.0 cm³/mol. The van der Waals surface area contributed by atoms with Crippen LogP contribution in [0.2, 0.25) is 0 Å². The zero-order valence-corrected chi connectivity index (χ0v) is 7.48. The maximum absolute atomic E-state index is 7.50. The molecule has 0 aromatic heterocycles. The number of nitrogens with one attached hydrogen (secondary N) is 1. The molecular formula is C10H17N. The van der Waals surface area contributed by atoms with E-state index in [1.54, 1.807) is 6.21 Å². The van der Waals surface area contributed by atoms with Crippen molar-refractivity contribution in [3.63, 3.8) is 0 Å². The van der Waals surface area contributed by atoms with Gasteiger partial charge in [0.2, 0.25) is 0 Å². The summed E-state index contributed by atoms with van der Waals surface area (Å²) in [5.74, 6) is 0.824. The first-order chi connectivity index (χ1) is 5.12. The lowest BCUT2D eigenvalue weighted by Gasteiger charge is -2.34. The maximum atomic E-state index is 7.50. The Morgan fingerprint density at radius 2 is 1.82 bits per heavy atom. The van der Waals surface area contributed by atoms with Crippen LogP contribution in [-0.4, -0.2) is 6.21 Å². The molecule has 2 fully saturated rings. The molecule has 2 aliphatic rings. The molecule has 1 nitrogen and oxygen atoms in total. The lowest BCUT2D eigenvalue weighted by molar-refractivity contribution is 0.216. The van der Waals surface area contributed by atoms with Crippen molar-refractivity contribution in [2.75, 3.05) is 0 Å². The van der Waals surface area contributed by atoms with Crippen LogP contribution in [0.15, 0.2) is 0 Å². The number of rotatable bonds is 1. The smallest absolute Gasteiger partial charge is 0.0103 e. The van der Waals surface area contributed by atoms with E-state index in [0.717, 1.165) is 5.92 Å². The minimum Gasteiger partial charge on any atom is -0.313 e. The van der Waals surface area contributed by atoms with Crippen LogP contribution >= 0.6 is 0 Å². The SMILES string of the molecule is CC12CCC(CC1)C2(C)C=N. The van der Waals surface area contributed by atoms with Crippen molar-refractivity contribution in [1.29, 1.82) is 5.41 Å². The highest BCUT2D eigenvalue weighted by Gasteiger charge is 2.57. The van der Waals surface area contributed by atoms with Crippen LogP contribution in [0.4, 0.5) is 0 Å². The monoisotopic (exact) mass is 151 g/mol. The van der Waals surface area contributed by atoms with Crippen LogP contribution in [0.25, 0.3) is 0 Å². The number of fused-ring (bicyclic) bond motifs is 2. The second kappa shape index (κ2) is 1.88. The van der Waals surface area contributed by atoms with Crippen molar-refractivity contribution in [3.8, 4) is 0 Å². The number of hydrogen-bond acceptors (Lipinski definition) is 1. The van der Waals surface area contributed by atoms with E-state index in [-0.39, 0.29) is 5.41 Å². The summed E-state index contributed by atoms with van der Waals surface area (Å²) in [4.78, 5) is 0. The third-order valence-electron chi connectivity index (χ3n) is 4.54. The van der Waals surface area contributed by atoms with Gasteiger partial charge < -0.3 is 5.41 Å². The summed E-state index contributed by atoms with van der Waals surface area (Å²) in [5.41, 5.74) is 0.715. The minimum atomic E-state index is 0.243. The summed E-state index contributed by atoms with van der Waals surface area (Å²) in [6, 6.07) is 0. The van der Waals surface area contributed by atoms with Crippen molar-refractivity contribution >= 4 is 6.21 Å². The third-order valence-corrected chi connectivity index (χ3v) is 4.54. The quantitative estimate of drug-likeness (QED) is 0.557. The van der Waals surface area contributed by atoms with Gasteiger partial charge >= 0.3 is 0 Å². The van der Waals surface area contributed by atoms with E-state index < -0.39 is 0 Å². The van der Waals surface area contributed by atoms with Gasteiger partial charge in [-0.2, -0.15) is 0 Å². The highest BCUT2D eigenvalue weighted by atomic mass is 14.6. The van der Waals surface area contributed by atoms with Gasteiger partial charge in [0.15, 0.2) is 0 Å². The second-order valence-electron chi connectivity index (χ2n) is 4.76. The van der Waals surface area contributed by atoms with Gasteiger partial charge in [-0.05, 0) is 37.0 Å². The summed E-state index contributed by atoms with van der Waals surface area (Å²) in [5, 5.41) is 7.50. The normalized spacial score (nSPS) is 54.9. The van der Waals surface area contributed by atoms with Crippen molar-refractivity contribution in [1.82, 2.24) is 0 Å². The average molecular weight is 151 g/mol. The molecule has 2 bridgehead atoms. The van der Waals surface area contributed by atoms with E-state index in [1.807, 2.05) is 0 Å². The van der Waals surface area contributed by atoms with Crippen molar-refractivity contribution in [2.24, 2.45) is 16.7 Å². The first kappa shape index (κ1) is 7.33. The Labute approximate surface area is 68.7 Å². The molecule has 0 radical (unpaired) electrons. The summed E-state index contributed by atoms with van der Waals surface area (Å²) < 4.78 is 0. The van der Waals surface area contributed by atoms with E-state index >= 15 is 0 Å². The Bertz CT molecular complexity index is 189. The predicted octanol–water partition coefficient (Wildman–Crippen LogP) is 2.85. The minimum absolute atomic E-state index is 0.243. The fourth-order valence-corrected chi connectivity index (χ4v) is 3.18. The van der Waals surface area contributed by atoms with Gasteiger partial charge in [0.05, 0.1) is 0 Å². The summed E-state index contributed by atoms with van der Waals surface area (Å²) in [7, 11) is 0. The highest BCUT2D eigenvalue weighted by Crippen LogP contribution is 2.64. The molecule has 2 aliphatic carbocycles. The van der Waals surface area contributed by atoms with Crippen molar-refractivity contribution in [2.45, 2.75) is 39.5 Å². The van der Waals surface area contributed by atoms with Crippen LogP contribution < -0.4 is 0 Å². The summed E-state index contributed by atoms with van der Waals surface area (Å²) in [6.07, 6.45) is 7.15. The van der Waals surface area contributed by atoms with Gasteiger partial charge in [0, 0.05) is 11.6 Å². The molecule has 2 saturated carbocycles. The van der Waals surface area contributed by atoms with E-state index in [9.17, 15) is 0 Å². The number of hydrogen-bond donors (Lipinski definition) is 1. The van der Waals surface area contributed by atoms with Crippen LogP contribution in [0.1, 0.15) is 39.5 Å². The van der Waals surface area contributed by atoms with Crippen LogP contribution in [0.5, 0.6) is 0 Å². The molecule has 62 valence electrons. The fourth-order valence-electron chi connectivity index (χ4n) is 3.18. The molecule has 1 N–H and O–H groups in total. The summed E-state index contributed by atoms with van der Waals surface area (Å²) >= 11 is 0. The van der Waals surface area contributed by atoms with Gasteiger partial charge in [-0.3, -0.25) is 0 Å². The first-order valence-electron chi connectivity index (χ1n) is 4.64. The molecular weight excluding hydrogens is 134 g/mol. The van der Waals surface area contributed by atoms with E-state index in [4.69, 9.17) is 5.41 Å². The van der Waals surface area contributed by atoms with Crippen molar-refractivity contribution < 1.29 is 0 Å². The lowest BCUT2D eigenvalue weighted by Crippen LogP contribution is -2.31. The van der Waals surface area contributed by atoms with E-state index in [2.05, 4.69) is 13.8 Å². The standard InChI is InChI=1S/C10H17N/c1-9-5-3-8(4-6-9)10(9,2)7-11/h7-8,11H,3-6H2,1-2H3. The molecule has 1 unspecified atom stereocenters. The largest absolute Gasteiger partial charge is 0.313 e. The molecule has 2 rings (SSSR count). The molecule has 0 amide bonds. The topological polar surface area (TPSA) is 23.9 Å². The molecule has 0 aromatic rings. The highest BCUT2D eigenvalue weighted by molar-refractivity contribution is 5.65. The Balaban J connectivity index is 2.41. The van der Waals surface area contributed by atoms with E-state index in [1.165, 1.54) is 25.7 Å². The van der Waals surface area contributed by atoms with E-state index in [0.29, 0.717) is 5.41 Å². The molecule has 0 spiro atoms. The van der Waals surface area contributed by atoms with Crippen LogP contribution in [0.3, 0.4) is 0 Å². The second-order valence-corrected chi connectivity index (χ2v) is 4.76. The van der Waals surface area contributed by atoms with Gasteiger partial charge in [-0.15, -0.1) is 0 Å². The molecule has 0 heterocycles. The molecule has 11 heavy (non-hydrogen) atoms. The molecule has 0 aromatic carbocycles. The summed E-state index contributed by atoms with van der Waals surface area (Å²) in [6.45, 7) is 4.65. The van der Waals surface area contributed by atoms with Gasteiger partial charge in [0.1, 0.15) is 0 Å². The van der Waals surface area contributed by atoms with Gasteiger partial charge in [-0.25, -0.2) is 0 Å². The first-order valence-corrected chi connectivity index (χ1v) is 4.64. The van der Waals surface area contributed by atoms with Gasteiger partial charge in [0.25, 0.3) is 0 Å². The zero-order valence-electron chi connectivity index (χ0n) is 7.48. The Hall–Kier alpha value is -0.330. The van der Waals surface area contributed by atoms with Gasteiger partial charge in [-0.1, -0.05) is 13.8 Å². The molecule has 0 aliphatic heterocycles. The molecule has 1 heteroatoms. The van der Waals surface area contributed by atoms with Crippen molar-refractivity contribution in [3.05, 3.63) is 0 Å². The fraction of sp³-hybridized carbons (Fsp3) is 0.900. The van der Waals surface area contributed by atoms with Crippen LogP contribution in [-0.2, 0) is 0 Å². The lowest BCUT2D eigenvalue weighted by atomic mass is 9.70. The van der Waals surface area contributed by atoms with Crippen LogP contribution in [0, 0.1) is 22.2 Å². The zero-order chi connectivity index (χ0) is 8.11.